The van der Waals surface area contributed by atoms with Crippen LogP contribution in [-0.4, -0.2) is 42.3 Å². The highest BCUT2D eigenvalue weighted by Gasteiger charge is 2.19. The molecule has 0 spiro atoms. The highest BCUT2D eigenvalue weighted by molar-refractivity contribution is 7.91. The molecule has 23 heavy (non-hydrogen) atoms. The number of sulfone groups is 1. The number of amides is 1. The Hall–Kier alpha value is -1.58. The smallest absolute Gasteiger partial charge is 0.326 e. The van der Waals surface area contributed by atoms with E-state index >= 15 is 0 Å². The molecule has 0 heterocycles. The Morgan fingerprint density at radius 2 is 1.96 bits per heavy atom. The van der Waals surface area contributed by atoms with Crippen molar-refractivity contribution in [1.29, 1.82) is 0 Å². The number of hydrogen-bond acceptors (Lipinski definition) is 6. The van der Waals surface area contributed by atoms with Crippen LogP contribution in [0.4, 0.5) is 5.69 Å². The summed E-state index contributed by atoms with van der Waals surface area (Å²) in [5.41, 5.74) is 0.188. The van der Waals surface area contributed by atoms with Crippen molar-refractivity contribution >= 4 is 35.0 Å². The van der Waals surface area contributed by atoms with E-state index < -0.39 is 35.9 Å². The fraction of sp³-hybridized carbons (Fsp3) is 0.333. The van der Waals surface area contributed by atoms with Crippen LogP contribution in [0.3, 0.4) is 0 Å². The van der Waals surface area contributed by atoms with E-state index in [0.717, 1.165) is 0 Å². The van der Waals surface area contributed by atoms with Gasteiger partial charge in [-0.05, 0) is 25.1 Å². The lowest BCUT2D eigenvalue weighted by molar-refractivity contribution is -0.124. The summed E-state index contributed by atoms with van der Waals surface area (Å²) >= 11 is 0. The number of carbonyl (C=O) groups excluding carboxylic acids is 2. The third-order valence-corrected chi connectivity index (χ3v) is 4.69. The van der Waals surface area contributed by atoms with Crippen LogP contribution in [0.2, 0.25) is 0 Å². The Balaban J connectivity index is 2.80. The Bertz CT molecular complexity index is 739. The normalized spacial score (nSPS) is 12.0. The van der Waals surface area contributed by atoms with Crippen LogP contribution in [0.25, 0.3) is 0 Å². The highest BCUT2D eigenvalue weighted by Crippen LogP contribution is 2.35. The second kappa shape index (κ2) is 7.80. The zero-order chi connectivity index (χ0) is 17.7. The second-order valence-electron chi connectivity index (χ2n) is 4.60. The van der Waals surface area contributed by atoms with Crippen molar-refractivity contribution < 1.29 is 36.9 Å². The minimum absolute atomic E-state index is 0.146. The van der Waals surface area contributed by atoms with Gasteiger partial charge in [0.15, 0.2) is 9.84 Å². The van der Waals surface area contributed by atoms with Crippen LogP contribution in [0.1, 0.15) is 13.3 Å². The number of phosphoric acid groups is 1. The predicted molar refractivity (Wildman–Crippen MR) is 80.4 cm³/mol. The molecule has 0 saturated carbocycles. The van der Waals surface area contributed by atoms with Crippen molar-refractivity contribution in [1.82, 2.24) is 0 Å². The van der Waals surface area contributed by atoms with Gasteiger partial charge in [-0.15, -0.1) is 0 Å². The number of benzene rings is 1. The molecule has 0 aliphatic carbocycles. The van der Waals surface area contributed by atoms with E-state index in [2.05, 4.69) is 9.84 Å². The summed E-state index contributed by atoms with van der Waals surface area (Å²) < 4.78 is 38.7. The summed E-state index contributed by atoms with van der Waals surface area (Å²) in [4.78, 5) is 39.2. The fourth-order valence-electron chi connectivity index (χ4n) is 1.58. The Morgan fingerprint density at radius 1 is 1.30 bits per heavy atom. The molecular weight excluding hydrogens is 349 g/mol. The maximum absolute atomic E-state index is 12.0. The first kappa shape index (κ1) is 19.5. The summed E-state index contributed by atoms with van der Waals surface area (Å²) in [5, 5.41) is 2.39. The summed E-state index contributed by atoms with van der Waals surface area (Å²) in [6.07, 6.45) is -0.326. The number of nitrogens with one attached hydrogen (secondary N) is 1. The minimum Gasteiger partial charge on any atom is -0.326 e. The molecule has 0 radical (unpaired) electrons. The SMILES string of the molecule is CC(=O)CC(=O)Nc1cccc(S(=O)(=O)CCOP(=O)(O)O)c1. The highest BCUT2D eigenvalue weighted by atomic mass is 32.2. The molecule has 0 unspecified atom stereocenters. The van der Waals surface area contributed by atoms with Gasteiger partial charge < -0.3 is 15.1 Å². The molecule has 128 valence electrons. The molecule has 0 saturated heterocycles. The van der Waals surface area contributed by atoms with Gasteiger partial charge in [-0.25, -0.2) is 13.0 Å². The van der Waals surface area contributed by atoms with Crippen LogP contribution in [0.15, 0.2) is 29.2 Å². The third-order valence-electron chi connectivity index (χ3n) is 2.50. The first-order valence-electron chi connectivity index (χ1n) is 6.32. The molecule has 1 rings (SSSR count). The predicted octanol–water partition coefficient (Wildman–Crippen LogP) is 0.487. The molecule has 3 N–H and O–H groups in total. The van der Waals surface area contributed by atoms with Crippen LogP contribution < -0.4 is 5.32 Å². The number of anilines is 1. The number of rotatable bonds is 8. The average Bonchev–Trinajstić information content (AvgIpc) is 2.36. The quantitative estimate of drug-likeness (QED) is 0.445. The van der Waals surface area contributed by atoms with Crippen LogP contribution in [0.5, 0.6) is 0 Å². The number of phosphoric ester groups is 1. The fourth-order valence-corrected chi connectivity index (χ4v) is 3.17. The monoisotopic (exact) mass is 365 g/mol. The lowest BCUT2D eigenvalue weighted by Crippen LogP contribution is -2.16. The van der Waals surface area contributed by atoms with Crippen molar-refractivity contribution in [3.63, 3.8) is 0 Å². The molecule has 0 fully saturated rings. The molecule has 0 aliphatic heterocycles. The topological polar surface area (TPSA) is 147 Å². The molecule has 0 aliphatic rings. The first-order valence-corrected chi connectivity index (χ1v) is 9.50. The van der Waals surface area contributed by atoms with Gasteiger partial charge in [0.05, 0.1) is 23.7 Å². The molecule has 1 amide bonds. The number of carbonyl (C=O) groups is 2. The van der Waals surface area contributed by atoms with E-state index in [9.17, 15) is 22.6 Å². The van der Waals surface area contributed by atoms with E-state index in [-0.39, 0.29) is 22.8 Å². The van der Waals surface area contributed by atoms with Gasteiger partial charge in [-0.2, -0.15) is 0 Å². The first-order chi connectivity index (χ1) is 10.5. The van der Waals surface area contributed by atoms with Gasteiger partial charge in [0, 0.05) is 5.69 Å². The number of Topliss-reactive ketones (excluding diaryl/α,β-unsaturated/α-hetero) is 1. The van der Waals surface area contributed by atoms with Crippen LogP contribution >= 0.6 is 7.82 Å². The Labute approximate surface area is 132 Å². The lowest BCUT2D eigenvalue weighted by atomic mass is 10.2. The van der Waals surface area contributed by atoms with E-state index in [1.807, 2.05) is 0 Å². The van der Waals surface area contributed by atoms with Gasteiger partial charge in [-0.3, -0.25) is 14.1 Å². The Morgan fingerprint density at radius 3 is 2.52 bits per heavy atom. The van der Waals surface area contributed by atoms with Crippen molar-refractivity contribution in [2.75, 3.05) is 17.7 Å². The van der Waals surface area contributed by atoms with Gasteiger partial charge in [0.1, 0.15) is 5.78 Å². The summed E-state index contributed by atoms with van der Waals surface area (Å²) in [5.74, 6) is -1.54. The number of hydrogen-bond donors (Lipinski definition) is 3. The largest absolute Gasteiger partial charge is 0.469 e. The third kappa shape index (κ3) is 7.49. The van der Waals surface area contributed by atoms with Crippen molar-refractivity contribution in [2.45, 2.75) is 18.2 Å². The zero-order valence-corrected chi connectivity index (χ0v) is 13.8. The van der Waals surface area contributed by atoms with Gasteiger partial charge in [0.2, 0.25) is 5.91 Å². The van der Waals surface area contributed by atoms with E-state index in [1.54, 1.807) is 0 Å². The van der Waals surface area contributed by atoms with E-state index in [4.69, 9.17) is 9.79 Å². The molecule has 1 aromatic rings. The van der Waals surface area contributed by atoms with Crippen molar-refractivity contribution in [3.8, 4) is 0 Å². The summed E-state index contributed by atoms with van der Waals surface area (Å²) in [6, 6.07) is 5.29. The van der Waals surface area contributed by atoms with Crippen LogP contribution in [-0.2, 0) is 28.5 Å². The van der Waals surface area contributed by atoms with Crippen molar-refractivity contribution in [2.24, 2.45) is 0 Å². The maximum Gasteiger partial charge on any atom is 0.469 e. The molecule has 0 bridgehead atoms. The van der Waals surface area contributed by atoms with E-state index in [0.29, 0.717) is 0 Å². The van der Waals surface area contributed by atoms with Gasteiger partial charge >= 0.3 is 7.82 Å². The van der Waals surface area contributed by atoms with Crippen molar-refractivity contribution in [3.05, 3.63) is 24.3 Å². The second-order valence-corrected chi connectivity index (χ2v) is 7.95. The number of ketones is 1. The van der Waals surface area contributed by atoms with Gasteiger partial charge in [0.25, 0.3) is 0 Å². The maximum atomic E-state index is 12.0. The summed E-state index contributed by atoms with van der Waals surface area (Å²) in [6.45, 7) is 0.578. The summed E-state index contributed by atoms with van der Waals surface area (Å²) in [7, 11) is -8.59. The molecule has 0 atom stereocenters. The average molecular weight is 365 g/mol. The standard InChI is InChI=1S/C12H16NO8PS/c1-9(14)7-12(15)13-10-3-2-4-11(8-10)23(19,20)6-5-21-22(16,17)18/h2-4,8H,5-7H2,1H3,(H,13,15)(H2,16,17,18). The Kier molecular flexibility index (Phi) is 6.60. The zero-order valence-electron chi connectivity index (χ0n) is 12.1. The molecule has 9 nitrogen and oxygen atoms in total. The minimum atomic E-state index is -4.74. The molecule has 11 heteroatoms. The molecule has 1 aromatic carbocycles. The van der Waals surface area contributed by atoms with Crippen LogP contribution in [0, 0.1) is 0 Å². The van der Waals surface area contributed by atoms with Gasteiger partial charge in [-0.1, -0.05) is 6.07 Å². The van der Waals surface area contributed by atoms with E-state index in [1.165, 1.54) is 31.2 Å². The molecular formula is C12H16NO8PS. The lowest BCUT2D eigenvalue weighted by Gasteiger charge is -2.09. The molecule has 0 aromatic heterocycles.